The number of carbonyl (C=O) groups is 2. The van der Waals surface area contributed by atoms with Crippen LogP contribution < -0.4 is 9.62 Å². The number of anilines is 1. The first-order valence-corrected chi connectivity index (χ1v) is 13.5. The number of hydrogen-bond donors (Lipinski definition) is 1. The first-order valence-electron chi connectivity index (χ1n) is 11.7. The fourth-order valence-electron chi connectivity index (χ4n) is 3.62. The normalized spacial score (nSPS) is 12.0. The van der Waals surface area contributed by atoms with E-state index in [9.17, 15) is 18.0 Å². The summed E-state index contributed by atoms with van der Waals surface area (Å²) in [5.74, 6) is -0.799. The summed E-state index contributed by atoms with van der Waals surface area (Å²) < 4.78 is 28.3. The number of rotatable bonds is 11. The highest BCUT2D eigenvalue weighted by atomic mass is 35.5. The van der Waals surface area contributed by atoms with E-state index in [0.717, 1.165) is 16.3 Å². The number of hydrogen-bond acceptors (Lipinski definition) is 4. The number of halogens is 1. The molecule has 2 amide bonds. The van der Waals surface area contributed by atoms with Gasteiger partial charge in [-0.1, -0.05) is 67.1 Å². The molecular weight excluding hydrogens is 498 g/mol. The molecule has 0 saturated carbocycles. The van der Waals surface area contributed by atoms with Gasteiger partial charge in [0.25, 0.3) is 10.0 Å². The smallest absolute Gasteiger partial charge is 0.264 e. The molecule has 0 unspecified atom stereocenters. The number of amides is 2. The largest absolute Gasteiger partial charge is 0.354 e. The number of para-hydroxylation sites is 1. The SMILES string of the molecule is CCCNC(=O)[C@H](C)N(Cc1ccccc1)C(=O)CN(c1ccccc1)S(=O)(=O)c1ccc(Cl)cc1. The van der Waals surface area contributed by atoms with Gasteiger partial charge in [-0.15, -0.1) is 0 Å². The van der Waals surface area contributed by atoms with Gasteiger partial charge >= 0.3 is 0 Å². The Labute approximate surface area is 217 Å². The molecule has 0 aliphatic heterocycles. The van der Waals surface area contributed by atoms with Crippen molar-refractivity contribution < 1.29 is 18.0 Å². The maximum Gasteiger partial charge on any atom is 0.264 e. The summed E-state index contributed by atoms with van der Waals surface area (Å²) in [5, 5.41) is 3.22. The Morgan fingerprint density at radius 3 is 2.08 bits per heavy atom. The third-order valence-corrected chi connectivity index (χ3v) is 7.68. The van der Waals surface area contributed by atoms with Crippen molar-refractivity contribution in [3.63, 3.8) is 0 Å². The quantitative estimate of drug-likeness (QED) is 0.398. The summed E-state index contributed by atoms with van der Waals surface area (Å²) >= 11 is 5.95. The van der Waals surface area contributed by atoms with Gasteiger partial charge in [0, 0.05) is 18.1 Å². The maximum atomic E-state index is 13.7. The van der Waals surface area contributed by atoms with Crippen molar-refractivity contribution in [2.75, 3.05) is 17.4 Å². The molecule has 0 aromatic heterocycles. The Balaban J connectivity index is 1.97. The van der Waals surface area contributed by atoms with E-state index < -0.39 is 28.5 Å². The van der Waals surface area contributed by atoms with Gasteiger partial charge in [-0.2, -0.15) is 0 Å². The molecule has 190 valence electrons. The van der Waals surface area contributed by atoms with Crippen molar-refractivity contribution in [1.82, 2.24) is 10.2 Å². The molecule has 3 rings (SSSR count). The monoisotopic (exact) mass is 527 g/mol. The predicted octanol–water partition coefficient (Wildman–Crippen LogP) is 4.48. The zero-order valence-corrected chi connectivity index (χ0v) is 21.9. The van der Waals surface area contributed by atoms with Crippen LogP contribution in [0.5, 0.6) is 0 Å². The number of nitrogens with one attached hydrogen (secondary N) is 1. The molecule has 0 heterocycles. The third kappa shape index (κ3) is 6.86. The Morgan fingerprint density at radius 2 is 1.50 bits per heavy atom. The molecule has 1 atom stereocenters. The van der Waals surface area contributed by atoms with Gasteiger partial charge < -0.3 is 10.2 Å². The van der Waals surface area contributed by atoms with Crippen molar-refractivity contribution in [2.45, 2.75) is 37.8 Å². The number of sulfonamides is 1. The van der Waals surface area contributed by atoms with E-state index in [4.69, 9.17) is 11.6 Å². The number of carbonyl (C=O) groups excluding carboxylic acids is 2. The van der Waals surface area contributed by atoms with Crippen LogP contribution in [0, 0.1) is 0 Å². The Bertz CT molecular complexity index is 1250. The van der Waals surface area contributed by atoms with Crippen LogP contribution in [0.1, 0.15) is 25.8 Å². The van der Waals surface area contributed by atoms with Crippen LogP contribution in [-0.2, 0) is 26.2 Å². The van der Waals surface area contributed by atoms with Crippen LogP contribution in [0.25, 0.3) is 0 Å². The lowest BCUT2D eigenvalue weighted by molar-refractivity contribution is -0.139. The highest BCUT2D eigenvalue weighted by Gasteiger charge is 2.32. The molecule has 0 aliphatic carbocycles. The number of benzene rings is 3. The van der Waals surface area contributed by atoms with Gasteiger partial charge in [0.1, 0.15) is 12.6 Å². The molecule has 1 N–H and O–H groups in total. The molecule has 0 saturated heterocycles. The summed E-state index contributed by atoms with van der Waals surface area (Å²) in [6.45, 7) is 3.75. The fraction of sp³-hybridized carbons (Fsp3) is 0.259. The van der Waals surface area contributed by atoms with Gasteiger partial charge in [0.15, 0.2) is 0 Å². The van der Waals surface area contributed by atoms with E-state index in [2.05, 4.69) is 5.32 Å². The number of nitrogens with zero attached hydrogens (tertiary/aromatic N) is 2. The standard InChI is InChI=1S/C27H30ClN3O4S/c1-3-18-29-27(33)21(2)30(19-22-10-6-4-7-11-22)26(32)20-31(24-12-8-5-9-13-24)36(34,35)25-16-14-23(28)15-17-25/h4-17,21H,3,18-20H2,1-2H3,(H,29,33)/t21-/m0/s1. The lowest BCUT2D eigenvalue weighted by Gasteiger charge is -2.32. The van der Waals surface area contributed by atoms with Crippen LogP contribution in [0.2, 0.25) is 5.02 Å². The summed E-state index contributed by atoms with van der Waals surface area (Å²) in [5.41, 5.74) is 1.16. The molecular formula is C27H30ClN3O4S. The van der Waals surface area contributed by atoms with Gasteiger partial charge in [0.2, 0.25) is 11.8 Å². The van der Waals surface area contributed by atoms with Crippen LogP contribution in [0.3, 0.4) is 0 Å². The second-order valence-corrected chi connectivity index (χ2v) is 10.6. The van der Waals surface area contributed by atoms with Crippen molar-refractivity contribution in [3.05, 3.63) is 95.5 Å². The summed E-state index contributed by atoms with van der Waals surface area (Å²) in [6, 6.07) is 22.7. The zero-order valence-electron chi connectivity index (χ0n) is 20.3. The van der Waals surface area contributed by atoms with Crippen molar-refractivity contribution in [1.29, 1.82) is 0 Å². The van der Waals surface area contributed by atoms with Crippen molar-refractivity contribution >= 4 is 39.1 Å². The molecule has 0 radical (unpaired) electrons. The summed E-state index contributed by atoms with van der Waals surface area (Å²) in [7, 11) is -4.11. The molecule has 3 aromatic carbocycles. The summed E-state index contributed by atoms with van der Waals surface area (Å²) in [6.07, 6.45) is 0.756. The van der Waals surface area contributed by atoms with Gasteiger partial charge in [-0.3, -0.25) is 13.9 Å². The highest BCUT2D eigenvalue weighted by molar-refractivity contribution is 7.92. The average molecular weight is 528 g/mol. The average Bonchev–Trinajstić information content (AvgIpc) is 2.89. The van der Waals surface area contributed by atoms with E-state index in [1.807, 2.05) is 37.3 Å². The predicted molar refractivity (Wildman–Crippen MR) is 142 cm³/mol. The minimum absolute atomic E-state index is 0.00639. The van der Waals surface area contributed by atoms with Crippen LogP contribution in [-0.4, -0.2) is 44.3 Å². The second kappa shape index (κ2) is 12.6. The Hall–Kier alpha value is -3.36. The maximum absolute atomic E-state index is 13.7. The Kier molecular flexibility index (Phi) is 9.50. The van der Waals surface area contributed by atoms with Crippen LogP contribution in [0.15, 0.2) is 89.8 Å². The van der Waals surface area contributed by atoms with E-state index in [-0.39, 0.29) is 17.3 Å². The molecule has 0 spiro atoms. The minimum atomic E-state index is -4.11. The lowest BCUT2D eigenvalue weighted by atomic mass is 10.1. The van der Waals surface area contributed by atoms with Gasteiger partial charge in [-0.25, -0.2) is 8.42 Å². The van der Waals surface area contributed by atoms with Crippen LogP contribution in [0.4, 0.5) is 5.69 Å². The van der Waals surface area contributed by atoms with Crippen molar-refractivity contribution in [2.24, 2.45) is 0 Å². The third-order valence-electron chi connectivity index (χ3n) is 5.64. The molecule has 9 heteroatoms. The lowest BCUT2D eigenvalue weighted by Crippen LogP contribution is -2.51. The van der Waals surface area contributed by atoms with Crippen LogP contribution >= 0.6 is 11.6 Å². The molecule has 0 fully saturated rings. The Morgan fingerprint density at radius 1 is 0.917 bits per heavy atom. The topological polar surface area (TPSA) is 86.8 Å². The first kappa shape index (κ1) is 27.2. The van der Waals surface area contributed by atoms with E-state index in [1.54, 1.807) is 37.3 Å². The fourth-order valence-corrected chi connectivity index (χ4v) is 5.16. The van der Waals surface area contributed by atoms with E-state index in [1.165, 1.54) is 29.2 Å². The van der Waals surface area contributed by atoms with E-state index in [0.29, 0.717) is 17.3 Å². The first-order chi connectivity index (χ1) is 17.2. The molecule has 0 aliphatic rings. The van der Waals surface area contributed by atoms with E-state index >= 15 is 0 Å². The molecule has 7 nitrogen and oxygen atoms in total. The molecule has 0 bridgehead atoms. The minimum Gasteiger partial charge on any atom is -0.354 e. The molecule has 3 aromatic rings. The zero-order chi connectivity index (χ0) is 26.1. The second-order valence-electron chi connectivity index (χ2n) is 8.28. The van der Waals surface area contributed by atoms with Crippen molar-refractivity contribution in [3.8, 4) is 0 Å². The summed E-state index contributed by atoms with van der Waals surface area (Å²) in [4.78, 5) is 27.9. The highest BCUT2D eigenvalue weighted by Crippen LogP contribution is 2.25. The van der Waals surface area contributed by atoms with Gasteiger partial charge in [0.05, 0.1) is 10.6 Å². The van der Waals surface area contributed by atoms with Gasteiger partial charge in [-0.05, 0) is 55.3 Å². The molecule has 36 heavy (non-hydrogen) atoms.